The summed E-state index contributed by atoms with van der Waals surface area (Å²) in [7, 11) is 0. The van der Waals surface area contributed by atoms with Crippen molar-refractivity contribution >= 4 is 0 Å². The predicted octanol–water partition coefficient (Wildman–Crippen LogP) is 1.48. The number of rotatable bonds is 4. The molecule has 0 spiro atoms. The zero-order chi connectivity index (χ0) is 13.2. The summed E-state index contributed by atoms with van der Waals surface area (Å²) in [5.74, 6) is -0.159. The number of likely N-dealkylation sites (N-methyl/N-ethyl adjacent to an activating group) is 1. The Balaban J connectivity index is 1.82. The van der Waals surface area contributed by atoms with Crippen molar-refractivity contribution in [1.82, 2.24) is 15.1 Å². The van der Waals surface area contributed by atoms with Gasteiger partial charge in [0.25, 0.3) is 0 Å². The van der Waals surface area contributed by atoms with Gasteiger partial charge < -0.3 is 5.32 Å². The highest BCUT2D eigenvalue weighted by Crippen LogP contribution is 2.27. The van der Waals surface area contributed by atoms with Crippen LogP contribution >= 0.6 is 0 Å². The molecule has 4 rings (SSSR count). The van der Waals surface area contributed by atoms with E-state index in [1.54, 1.807) is 12.1 Å². The van der Waals surface area contributed by atoms with Crippen molar-refractivity contribution in [1.29, 1.82) is 0 Å². The van der Waals surface area contributed by atoms with Crippen LogP contribution in [0.15, 0.2) is 24.3 Å². The molecule has 3 aliphatic rings. The van der Waals surface area contributed by atoms with Crippen molar-refractivity contribution in [2.45, 2.75) is 19.0 Å². The van der Waals surface area contributed by atoms with Crippen LogP contribution in [0.4, 0.5) is 4.39 Å². The molecule has 19 heavy (non-hydrogen) atoms. The van der Waals surface area contributed by atoms with Crippen LogP contribution in [0.3, 0.4) is 0 Å². The Bertz CT molecular complexity index is 412. The molecule has 0 saturated carbocycles. The lowest BCUT2D eigenvalue weighted by molar-refractivity contribution is -0.00343. The minimum atomic E-state index is -0.159. The molecule has 3 saturated heterocycles. The Labute approximate surface area is 114 Å². The second-order valence-electron chi connectivity index (χ2n) is 5.49. The molecule has 0 amide bonds. The van der Waals surface area contributed by atoms with E-state index in [1.165, 1.54) is 18.7 Å². The summed E-state index contributed by atoms with van der Waals surface area (Å²) in [6.07, 6.45) is 0. The summed E-state index contributed by atoms with van der Waals surface area (Å²) >= 11 is 0. The smallest absolute Gasteiger partial charge is 0.123 e. The normalized spacial score (nSPS) is 31.4. The lowest BCUT2D eigenvalue weighted by atomic mass is 9.94. The molecule has 0 radical (unpaired) electrons. The number of fused-ring (bicyclic) bond motifs is 3. The Hall–Kier alpha value is -0.970. The molecule has 3 aliphatic heterocycles. The quantitative estimate of drug-likeness (QED) is 0.887. The van der Waals surface area contributed by atoms with E-state index in [-0.39, 0.29) is 5.82 Å². The standard InChI is InChI=1S/C15H22FN3/c1-2-17-15(12-3-5-13(16)6-4-12)14-11-18-7-9-19(14)10-8-18/h3-6,14-15,17H,2,7-11H2,1H3. The maximum atomic E-state index is 13.1. The van der Waals surface area contributed by atoms with Crippen molar-refractivity contribution in [3.8, 4) is 0 Å². The highest BCUT2D eigenvalue weighted by atomic mass is 19.1. The van der Waals surface area contributed by atoms with Crippen LogP contribution in [0.2, 0.25) is 0 Å². The van der Waals surface area contributed by atoms with E-state index in [9.17, 15) is 4.39 Å². The maximum Gasteiger partial charge on any atom is 0.123 e. The molecule has 0 aromatic heterocycles. The molecule has 2 atom stereocenters. The van der Waals surface area contributed by atoms with Crippen LogP contribution in [-0.2, 0) is 0 Å². The number of nitrogens with one attached hydrogen (secondary N) is 1. The minimum Gasteiger partial charge on any atom is -0.309 e. The molecule has 0 aliphatic carbocycles. The summed E-state index contributed by atoms with van der Waals surface area (Å²) in [6.45, 7) is 8.90. The molecule has 3 heterocycles. The summed E-state index contributed by atoms with van der Waals surface area (Å²) in [5, 5.41) is 3.58. The van der Waals surface area contributed by atoms with E-state index in [0.717, 1.165) is 26.2 Å². The number of nitrogens with zero attached hydrogens (tertiary/aromatic N) is 2. The molecule has 2 unspecified atom stereocenters. The van der Waals surface area contributed by atoms with Gasteiger partial charge in [0.05, 0.1) is 0 Å². The van der Waals surface area contributed by atoms with Crippen molar-refractivity contribution < 1.29 is 4.39 Å². The highest BCUT2D eigenvalue weighted by Gasteiger charge is 2.36. The van der Waals surface area contributed by atoms with E-state index in [0.29, 0.717) is 12.1 Å². The summed E-state index contributed by atoms with van der Waals surface area (Å²) in [5.41, 5.74) is 1.20. The first-order valence-electron chi connectivity index (χ1n) is 7.23. The zero-order valence-corrected chi connectivity index (χ0v) is 11.5. The average molecular weight is 263 g/mol. The average Bonchev–Trinajstić information content (AvgIpc) is 2.47. The molecule has 3 nitrogen and oxygen atoms in total. The van der Waals surface area contributed by atoms with Crippen LogP contribution in [-0.4, -0.2) is 55.1 Å². The number of benzene rings is 1. The molecular weight excluding hydrogens is 241 g/mol. The third-order valence-corrected chi connectivity index (χ3v) is 4.36. The fourth-order valence-corrected chi connectivity index (χ4v) is 3.34. The van der Waals surface area contributed by atoms with Gasteiger partial charge in [-0.2, -0.15) is 0 Å². The van der Waals surface area contributed by atoms with Gasteiger partial charge in [0.15, 0.2) is 0 Å². The first-order valence-corrected chi connectivity index (χ1v) is 7.23. The first kappa shape index (κ1) is 13.0. The SMILES string of the molecule is CCNC(c1ccc(F)cc1)C1CN2CCN1CC2. The lowest BCUT2D eigenvalue weighted by Gasteiger charge is -2.50. The van der Waals surface area contributed by atoms with Gasteiger partial charge in [-0.1, -0.05) is 19.1 Å². The second kappa shape index (κ2) is 5.57. The lowest BCUT2D eigenvalue weighted by Crippen LogP contribution is -2.63. The number of piperazine rings is 3. The predicted molar refractivity (Wildman–Crippen MR) is 74.6 cm³/mol. The van der Waals surface area contributed by atoms with Gasteiger partial charge in [0.2, 0.25) is 0 Å². The van der Waals surface area contributed by atoms with Gasteiger partial charge in [-0.3, -0.25) is 9.80 Å². The van der Waals surface area contributed by atoms with Crippen LogP contribution in [0.1, 0.15) is 18.5 Å². The Morgan fingerprint density at radius 3 is 2.42 bits per heavy atom. The van der Waals surface area contributed by atoms with Crippen LogP contribution in [0.25, 0.3) is 0 Å². The maximum absolute atomic E-state index is 13.1. The van der Waals surface area contributed by atoms with Gasteiger partial charge in [0, 0.05) is 44.8 Å². The largest absolute Gasteiger partial charge is 0.309 e. The van der Waals surface area contributed by atoms with E-state index in [4.69, 9.17) is 0 Å². The second-order valence-corrected chi connectivity index (χ2v) is 5.49. The van der Waals surface area contributed by atoms with Crippen LogP contribution in [0.5, 0.6) is 0 Å². The van der Waals surface area contributed by atoms with Gasteiger partial charge in [-0.05, 0) is 24.2 Å². The highest BCUT2D eigenvalue weighted by molar-refractivity contribution is 5.22. The summed E-state index contributed by atoms with van der Waals surface area (Å²) in [4.78, 5) is 5.12. The van der Waals surface area contributed by atoms with Gasteiger partial charge in [-0.25, -0.2) is 4.39 Å². The van der Waals surface area contributed by atoms with Gasteiger partial charge in [-0.15, -0.1) is 0 Å². The summed E-state index contributed by atoms with van der Waals surface area (Å²) in [6, 6.07) is 7.77. The Morgan fingerprint density at radius 1 is 1.21 bits per heavy atom. The van der Waals surface area contributed by atoms with E-state index < -0.39 is 0 Å². The summed E-state index contributed by atoms with van der Waals surface area (Å²) < 4.78 is 13.1. The molecule has 3 fully saturated rings. The Kier molecular flexibility index (Phi) is 3.82. The Morgan fingerprint density at radius 2 is 1.89 bits per heavy atom. The first-order chi connectivity index (χ1) is 9.28. The van der Waals surface area contributed by atoms with E-state index >= 15 is 0 Å². The van der Waals surface area contributed by atoms with Crippen LogP contribution in [0, 0.1) is 5.82 Å². The fraction of sp³-hybridized carbons (Fsp3) is 0.600. The molecular formula is C15H22FN3. The zero-order valence-electron chi connectivity index (χ0n) is 11.5. The molecule has 2 bridgehead atoms. The minimum absolute atomic E-state index is 0.159. The molecule has 1 N–H and O–H groups in total. The number of hydrogen-bond donors (Lipinski definition) is 1. The monoisotopic (exact) mass is 263 g/mol. The van der Waals surface area contributed by atoms with E-state index in [2.05, 4.69) is 22.0 Å². The van der Waals surface area contributed by atoms with E-state index in [1.807, 2.05) is 12.1 Å². The van der Waals surface area contributed by atoms with Gasteiger partial charge >= 0.3 is 0 Å². The van der Waals surface area contributed by atoms with Gasteiger partial charge in [0.1, 0.15) is 5.82 Å². The van der Waals surface area contributed by atoms with Crippen molar-refractivity contribution in [3.63, 3.8) is 0 Å². The molecule has 4 heteroatoms. The number of hydrogen-bond acceptors (Lipinski definition) is 3. The number of halogens is 1. The van der Waals surface area contributed by atoms with Crippen LogP contribution < -0.4 is 5.32 Å². The molecule has 1 aromatic rings. The topological polar surface area (TPSA) is 18.5 Å². The molecule has 1 aromatic carbocycles. The van der Waals surface area contributed by atoms with Crippen molar-refractivity contribution in [2.75, 3.05) is 39.3 Å². The van der Waals surface area contributed by atoms with Crippen molar-refractivity contribution in [2.24, 2.45) is 0 Å². The third kappa shape index (κ3) is 2.66. The molecule has 104 valence electrons. The van der Waals surface area contributed by atoms with Crippen molar-refractivity contribution in [3.05, 3.63) is 35.6 Å². The fourth-order valence-electron chi connectivity index (χ4n) is 3.34. The third-order valence-electron chi connectivity index (χ3n) is 4.36.